The molecule has 0 radical (unpaired) electrons. The number of phosphoric ester groups is 1. The SMILES string of the molecule is COP(=O)(O)OCCOCCOCCOCCCNC(=O)O[C@H]1CC[C@@]2(C)C(=CCC3C4CCC([C@H](C)CCCC(C)C)[C@@]4(C)CCC32)C1. The average Bonchev–Trinajstić information content (AvgIpc) is 3.42. The van der Waals surface area contributed by atoms with Crippen molar-refractivity contribution in [3.05, 3.63) is 11.6 Å². The smallest absolute Gasteiger partial charge is 0.446 e. The van der Waals surface area contributed by atoms with E-state index in [2.05, 4.69) is 55.1 Å². The van der Waals surface area contributed by atoms with Gasteiger partial charge in [0.15, 0.2) is 0 Å². The molecule has 10 nitrogen and oxygen atoms in total. The van der Waals surface area contributed by atoms with Crippen LogP contribution in [-0.2, 0) is 32.6 Å². The van der Waals surface area contributed by atoms with Crippen molar-refractivity contribution in [1.29, 1.82) is 0 Å². The molecular weight excluding hydrogens is 645 g/mol. The summed E-state index contributed by atoms with van der Waals surface area (Å²) in [6, 6.07) is 0. The lowest BCUT2D eigenvalue weighted by Crippen LogP contribution is -2.51. The molecule has 284 valence electrons. The van der Waals surface area contributed by atoms with Gasteiger partial charge in [0, 0.05) is 26.7 Å². The van der Waals surface area contributed by atoms with E-state index >= 15 is 0 Å². The van der Waals surface area contributed by atoms with Gasteiger partial charge >= 0.3 is 13.9 Å². The third kappa shape index (κ3) is 11.2. The second kappa shape index (κ2) is 19.2. The second-order valence-electron chi connectivity index (χ2n) is 16.2. The van der Waals surface area contributed by atoms with Crippen LogP contribution in [0, 0.1) is 46.3 Å². The Morgan fingerprint density at radius 1 is 0.918 bits per heavy atom. The number of fused-ring (bicyclic) bond motifs is 5. The Morgan fingerprint density at radius 3 is 2.31 bits per heavy atom. The summed E-state index contributed by atoms with van der Waals surface area (Å²) < 4.78 is 42.3. The predicted molar refractivity (Wildman–Crippen MR) is 191 cm³/mol. The molecule has 11 heteroatoms. The Balaban J connectivity index is 1.08. The first-order valence-electron chi connectivity index (χ1n) is 19.3. The van der Waals surface area contributed by atoms with E-state index in [4.69, 9.17) is 23.8 Å². The number of allylic oxidation sites excluding steroid dienone is 1. The van der Waals surface area contributed by atoms with E-state index in [1.54, 1.807) is 5.57 Å². The summed E-state index contributed by atoms with van der Waals surface area (Å²) in [5.74, 6) is 4.98. The Morgan fingerprint density at radius 2 is 1.61 bits per heavy atom. The van der Waals surface area contributed by atoms with Crippen molar-refractivity contribution in [2.75, 3.05) is 59.9 Å². The number of phosphoric acid groups is 1. The summed E-state index contributed by atoms with van der Waals surface area (Å²) in [7, 11) is -2.84. The lowest BCUT2D eigenvalue weighted by Gasteiger charge is -2.58. The largest absolute Gasteiger partial charge is 0.471 e. The topological polar surface area (TPSA) is 122 Å². The van der Waals surface area contributed by atoms with E-state index in [1.165, 1.54) is 51.4 Å². The van der Waals surface area contributed by atoms with Gasteiger partial charge in [-0.25, -0.2) is 9.36 Å². The minimum atomic E-state index is -3.95. The van der Waals surface area contributed by atoms with Crippen LogP contribution in [0.5, 0.6) is 0 Å². The minimum absolute atomic E-state index is 0.0376. The Labute approximate surface area is 296 Å². The van der Waals surface area contributed by atoms with Crippen LogP contribution in [0.4, 0.5) is 4.79 Å². The third-order valence-electron chi connectivity index (χ3n) is 12.7. The number of hydrogen-bond donors (Lipinski definition) is 2. The first-order chi connectivity index (χ1) is 23.4. The highest BCUT2D eigenvalue weighted by atomic mass is 31.2. The fraction of sp³-hybridized carbons (Fsp3) is 0.921. The van der Waals surface area contributed by atoms with Crippen LogP contribution in [-0.4, -0.2) is 77.0 Å². The molecule has 4 rings (SSSR count). The van der Waals surface area contributed by atoms with E-state index in [-0.39, 0.29) is 30.8 Å². The molecule has 0 aromatic carbocycles. The van der Waals surface area contributed by atoms with Crippen molar-refractivity contribution in [2.45, 2.75) is 118 Å². The van der Waals surface area contributed by atoms with Crippen molar-refractivity contribution in [3.63, 3.8) is 0 Å². The molecule has 49 heavy (non-hydrogen) atoms. The molecule has 3 fully saturated rings. The first-order valence-corrected chi connectivity index (χ1v) is 20.8. The van der Waals surface area contributed by atoms with Crippen LogP contribution in [0.2, 0.25) is 0 Å². The van der Waals surface area contributed by atoms with Crippen LogP contribution in [0.3, 0.4) is 0 Å². The summed E-state index contributed by atoms with van der Waals surface area (Å²) >= 11 is 0. The van der Waals surface area contributed by atoms with E-state index in [1.807, 2.05) is 0 Å². The van der Waals surface area contributed by atoms with Gasteiger partial charge in [-0.1, -0.05) is 65.5 Å². The Bertz CT molecular complexity index is 1100. The summed E-state index contributed by atoms with van der Waals surface area (Å²) in [5, 5.41) is 2.91. The van der Waals surface area contributed by atoms with Crippen LogP contribution in [0.1, 0.15) is 112 Å². The van der Waals surface area contributed by atoms with E-state index in [0.717, 1.165) is 61.9 Å². The van der Waals surface area contributed by atoms with E-state index in [9.17, 15) is 9.36 Å². The lowest BCUT2D eigenvalue weighted by molar-refractivity contribution is -0.0581. The maximum atomic E-state index is 12.6. The van der Waals surface area contributed by atoms with Gasteiger partial charge in [0.2, 0.25) is 0 Å². The van der Waals surface area contributed by atoms with Crippen LogP contribution < -0.4 is 5.32 Å². The summed E-state index contributed by atoms with van der Waals surface area (Å²) in [5.41, 5.74) is 2.31. The molecule has 5 unspecified atom stereocenters. The molecule has 0 bridgehead atoms. The molecule has 4 aliphatic rings. The van der Waals surface area contributed by atoms with Gasteiger partial charge in [0.25, 0.3) is 0 Å². The zero-order valence-corrected chi connectivity index (χ0v) is 32.3. The van der Waals surface area contributed by atoms with Gasteiger partial charge in [-0.3, -0.25) is 9.05 Å². The molecular formula is C38H68NO9P. The molecule has 1 amide bonds. The zero-order valence-electron chi connectivity index (χ0n) is 31.4. The van der Waals surface area contributed by atoms with Crippen LogP contribution in [0.15, 0.2) is 11.6 Å². The van der Waals surface area contributed by atoms with Crippen LogP contribution >= 0.6 is 7.82 Å². The fourth-order valence-electron chi connectivity index (χ4n) is 10.1. The summed E-state index contributed by atoms with van der Waals surface area (Å²) in [4.78, 5) is 21.7. The number of amides is 1. The summed E-state index contributed by atoms with van der Waals surface area (Å²) in [6.07, 6.45) is 16.8. The first kappa shape index (κ1) is 40.8. The zero-order chi connectivity index (χ0) is 35.5. The number of carbonyl (C=O) groups is 1. The standard InChI is InChI=1S/C38H68NO9P/c1-28(2)9-7-10-29(3)33-13-14-34-32-12-11-30-27-31(15-17-37(30,4)35(32)16-18-38(33,34)5)48-36(40)39-19-8-20-44-21-22-45-23-24-46-25-26-47-49(41,42)43-6/h11,28-29,31-35H,7-10,12-27H2,1-6H3,(H,39,40)(H,41,42)/t29-,31+,32?,33?,34?,35?,37+,38-/m1/s1. The molecule has 2 N–H and O–H groups in total. The van der Waals surface area contributed by atoms with E-state index in [0.29, 0.717) is 51.4 Å². The number of rotatable bonds is 21. The van der Waals surface area contributed by atoms with Crippen molar-refractivity contribution < 1.29 is 42.2 Å². The van der Waals surface area contributed by atoms with Gasteiger partial charge in [-0.2, -0.15) is 0 Å². The number of carbonyl (C=O) groups excluding carboxylic acids is 1. The number of nitrogens with one attached hydrogen (secondary N) is 1. The van der Waals surface area contributed by atoms with Gasteiger partial charge in [0.1, 0.15) is 6.10 Å². The van der Waals surface area contributed by atoms with Crippen LogP contribution in [0.25, 0.3) is 0 Å². The minimum Gasteiger partial charge on any atom is -0.446 e. The van der Waals surface area contributed by atoms with Gasteiger partial charge < -0.3 is 29.2 Å². The maximum Gasteiger partial charge on any atom is 0.471 e. The second-order valence-corrected chi connectivity index (χ2v) is 17.7. The molecule has 3 saturated carbocycles. The molecule has 0 spiro atoms. The van der Waals surface area contributed by atoms with Crippen molar-refractivity contribution in [1.82, 2.24) is 5.32 Å². The highest BCUT2D eigenvalue weighted by molar-refractivity contribution is 7.47. The van der Waals surface area contributed by atoms with Crippen molar-refractivity contribution >= 4 is 13.9 Å². The molecule has 0 aliphatic heterocycles. The molecule has 0 aromatic rings. The van der Waals surface area contributed by atoms with Gasteiger partial charge in [0.05, 0.1) is 39.6 Å². The third-order valence-corrected chi connectivity index (χ3v) is 13.7. The lowest BCUT2D eigenvalue weighted by atomic mass is 9.47. The number of hydrogen-bond acceptors (Lipinski definition) is 8. The van der Waals surface area contributed by atoms with Crippen molar-refractivity contribution in [2.24, 2.45) is 46.3 Å². The molecule has 4 aliphatic carbocycles. The Kier molecular flexibility index (Phi) is 16.0. The average molecular weight is 714 g/mol. The van der Waals surface area contributed by atoms with Crippen molar-refractivity contribution in [3.8, 4) is 0 Å². The maximum absolute atomic E-state index is 12.6. The number of ether oxygens (including phenoxy) is 4. The quantitative estimate of drug-likeness (QED) is 0.0687. The Hall–Kier alpha value is -1.00. The van der Waals surface area contributed by atoms with Gasteiger partial charge in [-0.15, -0.1) is 0 Å². The normalized spacial score (nSPS) is 32.8. The molecule has 0 heterocycles. The van der Waals surface area contributed by atoms with E-state index < -0.39 is 7.82 Å². The molecule has 9 atom stereocenters. The monoisotopic (exact) mass is 713 g/mol. The number of alkyl carbamates (subject to hydrolysis) is 1. The fourth-order valence-corrected chi connectivity index (χ4v) is 10.5. The highest BCUT2D eigenvalue weighted by Gasteiger charge is 2.59. The predicted octanol–water partition coefficient (Wildman–Crippen LogP) is 8.33. The summed E-state index contributed by atoms with van der Waals surface area (Å²) in [6.45, 7) is 15.2. The molecule has 0 saturated heterocycles. The highest BCUT2D eigenvalue weighted by Crippen LogP contribution is 2.67. The molecule has 0 aromatic heterocycles. The van der Waals surface area contributed by atoms with Gasteiger partial charge in [-0.05, 0) is 97.7 Å².